The molecule has 0 bridgehead atoms. The highest BCUT2D eigenvalue weighted by atomic mass is 32.2. The number of nitrogens with zero attached hydrogens (tertiary/aromatic N) is 3. The summed E-state index contributed by atoms with van der Waals surface area (Å²) < 4.78 is 0.869. The van der Waals surface area contributed by atoms with E-state index in [1.807, 2.05) is 35.7 Å². The highest BCUT2D eigenvalue weighted by Gasteiger charge is 2.15. The van der Waals surface area contributed by atoms with Crippen LogP contribution in [0.5, 0.6) is 0 Å². The lowest BCUT2D eigenvalue weighted by atomic mass is 10.2. The lowest BCUT2D eigenvalue weighted by Gasteiger charge is -2.01. The van der Waals surface area contributed by atoms with Crippen LogP contribution < -0.4 is 0 Å². The van der Waals surface area contributed by atoms with E-state index in [0.717, 1.165) is 15.2 Å². The predicted octanol–water partition coefficient (Wildman–Crippen LogP) is 3.19. The number of aliphatic hydroxyl groups is 1. The number of aromatic amines is 1. The average molecular weight is 330 g/mol. The Labute approximate surface area is 133 Å². The minimum atomic E-state index is -0.319. The van der Waals surface area contributed by atoms with Gasteiger partial charge in [0, 0.05) is 16.5 Å². The Balaban J connectivity index is 1.82. The number of tetrazole rings is 1. The van der Waals surface area contributed by atoms with Crippen molar-refractivity contribution in [1.82, 2.24) is 20.6 Å². The molecular weight excluding hydrogens is 320 g/mol. The first-order valence-corrected chi connectivity index (χ1v) is 7.93. The maximum absolute atomic E-state index is 12.3. The number of aliphatic hydroxyl groups excluding tert-OH is 1. The molecule has 2 aromatic heterocycles. The van der Waals surface area contributed by atoms with Gasteiger partial charge in [0.25, 0.3) is 0 Å². The van der Waals surface area contributed by atoms with Gasteiger partial charge in [-0.05, 0) is 28.8 Å². The standard InChI is InChI=1S/C14H10N4O2S2/c19-11(8-12(20)13-15-17-18-16-13)10-6-7-21-14(10)22-9-4-2-1-3-5-9/h1-8,20H,(H,15,16,17,18). The number of thiophene rings is 1. The summed E-state index contributed by atoms with van der Waals surface area (Å²) >= 11 is 2.99. The zero-order valence-corrected chi connectivity index (χ0v) is 12.8. The third kappa shape index (κ3) is 3.23. The van der Waals surface area contributed by atoms with Gasteiger partial charge in [0.15, 0.2) is 11.5 Å². The van der Waals surface area contributed by atoms with Crippen molar-refractivity contribution < 1.29 is 9.90 Å². The highest BCUT2D eigenvalue weighted by Crippen LogP contribution is 2.35. The molecule has 0 spiro atoms. The van der Waals surface area contributed by atoms with Gasteiger partial charge in [-0.25, -0.2) is 0 Å². The number of nitrogens with one attached hydrogen (secondary N) is 1. The van der Waals surface area contributed by atoms with Crippen LogP contribution >= 0.6 is 23.1 Å². The molecule has 0 aliphatic heterocycles. The molecule has 3 rings (SSSR count). The van der Waals surface area contributed by atoms with Crippen molar-refractivity contribution in [2.75, 3.05) is 0 Å². The zero-order chi connectivity index (χ0) is 15.4. The third-order valence-electron chi connectivity index (χ3n) is 2.69. The molecule has 0 aliphatic rings. The monoisotopic (exact) mass is 330 g/mol. The molecule has 0 unspecified atom stereocenters. The molecule has 0 fully saturated rings. The molecule has 6 nitrogen and oxygen atoms in total. The number of ketones is 1. The maximum atomic E-state index is 12.3. The number of aromatic nitrogens is 4. The molecule has 8 heteroatoms. The number of carbonyl (C=O) groups is 1. The number of benzene rings is 1. The zero-order valence-electron chi connectivity index (χ0n) is 11.1. The fraction of sp³-hybridized carbons (Fsp3) is 0. The molecule has 2 N–H and O–H groups in total. The molecule has 0 aliphatic carbocycles. The van der Waals surface area contributed by atoms with Crippen LogP contribution in [-0.4, -0.2) is 31.5 Å². The van der Waals surface area contributed by atoms with Crippen LogP contribution in [0.3, 0.4) is 0 Å². The fourth-order valence-corrected chi connectivity index (χ4v) is 3.75. The van der Waals surface area contributed by atoms with E-state index in [4.69, 9.17) is 0 Å². The Kier molecular flexibility index (Phi) is 4.31. The van der Waals surface area contributed by atoms with Crippen LogP contribution in [0.2, 0.25) is 0 Å². The van der Waals surface area contributed by atoms with Crippen molar-refractivity contribution in [2.24, 2.45) is 0 Å². The minimum Gasteiger partial charge on any atom is -0.504 e. The van der Waals surface area contributed by atoms with E-state index in [-0.39, 0.29) is 17.4 Å². The number of H-pyrrole nitrogens is 1. The van der Waals surface area contributed by atoms with Gasteiger partial charge >= 0.3 is 0 Å². The Bertz CT molecular complexity index is 797. The van der Waals surface area contributed by atoms with Crippen LogP contribution in [-0.2, 0) is 0 Å². The Morgan fingerprint density at radius 1 is 1.27 bits per heavy atom. The van der Waals surface area contributed by atoms with E-state index in [9.17, 15) is 9.90 Å². The third-order valence-corrected chi connectivity index (χ3v) is 4.85. The van der Waals surface area contributed by atoms with Gasteiger partial charge < -0.3 is 5.11 Å². The summed E-state index contributed by atoms with van der Waals surface area (Å²) in [6, 6.07) is 11.5. The lowest BCUT2D eigenvalue weighted by molar-refractivity contribution is 0.104. The molecule has 0 saturated heterocycles. The van der Waals surface area contributed by atoms with Gasteiger partial charge in [-0.2, -0.15) is 5.21 Å². The number of hydrogen-bond donors (Lipinski definition) is 2. The molecule has 0 amide bonds. The predicted molar refractivity (Wildman–Crippen MR) is 84.0 cm³/mol. The van der Waals surface area contributed by atoms with Crippen LogP contribution in [0.25, 0.3) is 5.76 Å². The second kappa shape index (κ2) is 6.54. The number of hydrogen-bond acceptors (Lipinski definition) is 7. The molecule has 22 heavy (non-hydrogen) atoms. The quantitative estimate of drug-likeness (QED) is 0.424. The molecule has 0 saturated carbocycles. The van der Waals surface area contributed by atoms with Crippen molar-refractivity contribution in [2.45, 2.75) is 9.10 Å². The largest absolute Gasteiger partial charge is 0.504 e. The van der Waals surface area contributed by atoms with Crippen molar-refractivity contribution >= 4 is 34.6 Å². The molecule has 1 aromatic carbocycles. The van der Waals surface area contributed by atoms with Crippen LogP contribution in [0, 0.1) is 0 Å². The Morgan fingerprint density at radius 3 is 2.82 bits per heavy atom. The Hall–Kier alpha value is -2.45. The van der Waals surface area contributed by atoms with Gasteiger partial charge in [0.05, 0.1) is 4.21 Å². The summed E-state index contributed by atoms with van der Waals surface area (Å²) in [4.78, 5) is 13.3. The van der Waals surface area contributed by atoms with Gasteiger partial charge in [0.1, 0.15) is 0 Å². The molecule has 2 heterocycles. The number of rotatable bonds is 5. The summed E-state index contributed by atoms with van der Waals surface area (Å²) in [6.07, 6.45) is 1.10. The van der Waals surface area contributed by atoms with E-state index in [1.54, 1.807) is 6.07 Å². The molecule has 3 aromatic rings. The summed E-state index contributed by atoms with van der Waals surface area (Å²) in [5, 5.41) is 24.5. The SMILES string of the molecule is O=C(C=C(O)c1nn[nH]n1)c1ccsc1Sc1ccccc1. The van der Waals surface area contributed by atoms with Crippen LogP contribution in [0.4, 0.5) is 0 Å². The van der Waals surface area contributed by atoms with Crippen molar-refractivity contribution in [3.63, 3.8) is 0 Å². The van der Waals surface area contributed by atoms with Crippen LogP contribution in [0.1, 0.15) is 16.2 Å². The first-order chi connectivity index (χ1) is 10.7. The summed E-state index contributed by atoms with van der Waals surface area (Å²) in [5.41, 5.74) is 0.536. The fourth-order valence-electron chi connectivity index (χ4n) is 1.69. The smallest absolute Gasteiger partial charge is 0.239 e. The highest BCUT2D eigenvalue weighted by molar-refractivity contribution is 8.01. The average Bonchev–Trinajstić information content (AvgIpc) is 3.19. The molecule has 0 atom stereocenters. The van der Waals surface area contributed by atoms with E-state index in [0.29, 0.717) is 5.56 Å². The van der Waals surface area contributed by atoms with Gasteiger partial charge in [-0.15, -0.1) is 21.5 Å². The molecule has 0 radical (unpaired) electrons. The first kappa shape index (κ1) is 14.5. The van der Waals surface area contributed by atoms with Gasteiger partial charge in [-0.1, -0.05) is 30.0 Å². The van der Waals surface area contributed by atoms with Gasteiger partial charge in [-0.3, -0.25) is 4.79 Å². The molecule has 110 valence electrons. The topological polar surface area (TPSA) is 91.8 Å². The maximum Gasteiger partial charge on any atom is 0.239 e. The number of carbonyl (C=O) groups excluding carboxylic acids is 1. The second-order valence-electron chi connectivity index (χ2n) is 4.17. The van der Waals surface area contributed by atoms with Crippen molar-refractivity contribution in [3.8, 4) is 0 Å². The number of allylic oxidation sites excluding steroid dienone is 1. The minimum absolute atomic E-state index is 0.0131. The lowest BCUT2D eigenvalue weighted by Crippen LogP contribution is -1.97. The summed E-state index contributed by atoms with van der Waals surface area (Å²) in [7, 11) is 0. The van der Waals surface area contributed by atoms with Gasteiger partial charge in [0.2, 0.25) is 5.82 Å². The summed E-state index contributed by atoms with van der Waals surface area (Å²) in [6.45, 7) is 0. The van der Waals surface area contributed by atoms with E-state index >= 15 is 0 Å². The molecular formula is C14H10N4O2S2. The first-order valence-electron chi connectivity index (χ1n) is 6.23. The second-order valence-corrected chi connectivity index (χ2v) is 6.42. The summed E-state index contributed by atoms with van der Waals surface area (Å²) in [5.74, 6) is -0.636. The van der Waals surface area contributed by atoms with E-state index in [1.165, 1.54) is 23.1 Å². The van der Waals surface area contributed by atoms with Crippen LogP contribution in [0.15, 0.2) is 57.0 Å². The normalized spacial score (nSPS) is 11.5. The van der Waals surface area contributed by atoms with E-state index < -0.39 is 0 Å². The Morgan fingerprint density at radius 2 is 2.09 bits per heavy atom. The van der Waals surface area contributed by atoms with E-state index in [2.05, 4.69) is 20.6 Å². The van der Waals surface area contributed by atoms with Crippen molar-refractivity contribution in [1.29, 1.82) is 0 Å². The van der Waals surface area contributed by atoms with Crippen molar-refractivity contribution in [3.05, 3.63) is 59.2 Å².